The maximum Gasteiger partial charge on any atom is 0.289 e. The molecule has 9 heteroatoms. The summed E-state index contributed by atoms with van der Waals surface area (Å²) in [7, 11) is 1.85. The maximum absolute atomic E-state index is 10.8. The van der Waals surface area contributed by atoms with Crippen molar-refractivity contribution in [2.45, 2.75) is 18.9 Å². The van der Waals surface area contributed by atoms with E-state index in [1.807, 2.05) is 11.9 Å². The van der Waals surface area contributed by atoms with Crippen molar-refractivity contribution >= 4 is 23.1 Å². The molecule has 1 N–H and O–H groups in total. The van der Waals surface area contributed by atoms with Gasteiger partial charge in [-0.15, -0.1) is 0 Å². The standard InChI is InChI=1S/C15H18ClN5O3/c1-19-6-4-17-15(19)13(22)10-3-2-5-20(9-10)14-12(16)7-11(8-18-14)21(23)24/h4,6-8,10,13,22H,2-3,5,9H2,1H3. The van der Waals surface area contributed by atoms with Gasteiger partial charge in [0.15, 0.2) is 0 Å². The Morgan fingerprint density at radius 1 is 1.50 bits per heavy atom. The Balaban J connectivity index is 1.78. The second-order valence-corrected chi connectivity index (χ2v) is 6.35. The minimum absolute atomic E-state index is 0.00657. The molecule has 0 aliphatic carbocycles. The van der Waals surface area contributed by atoms with Gasteiger partial charge < -0.3 is 14.6 Å². The molecular formula is C15H18ClN5O3. The number of hydrogen-bond acceptors (Lipinski definition) is 6. The van der Waals surface area contributed by atoms with E-state index < -0.39 is 11.0 Å². The Morgan fingerprint density at radius 3 is 2.92 bits per heavy atom. The number of piperidine rings is 1. The summed E-state index contributed by atoms with van der Waals surface area (Å²) in [4.78, 5) is 20.6. The zero-order valence-corrected chi connectivity index (χ0v) is 13.9. The first-order valence-corrected chi connectivity index (χ1v) is 8.05. The van der Waals surface area contributed by atoms with Gasteiger partial charge in [0.1, 0.15) is 23.9 Å². The van der Waals surface area contributed by atoms with Crippen LogP contribution in [-0.4, -0.2) is 37.7 Å². The number of aromatic nitrogens is 3. The predicted octanol–water partition coefficient (Wildman–Crippen LogP) is 2.33. The van der Waals surface area contributed by atoms with E-state index in [0.717, 1.165) is 19.4 Å². The number of halogens is 1. The fraction of sp³-hybridized carbons (Fsp3) is 0.467. The molecule has 2 atom stereocenters. The molecule has 3 heterocycles. The lowest BCUT2D eigenvalue weighted by atomic mass is 9.92. The molecule has 128 valence electrons. The van der Waals surface area contributed by atoms with E-state index in [4.69, 9.17) is 11.6 Å². The highest BCUT2D eigenvalue weighted by atomic mass is 35.5. The number of aryl methyl sites for hydroxylation is 1. The summed E-state index contributed by atoms with van der Waals surface area (Å²) < 4.78 is 1.81. The molecular weight excluding hydrogens is 334 g/mol. The molecule has 0 aromatic carbocycles. The van der Waals surface area contributed by atoms with E-state index in [1.54, 1.807) is 17.0 Å². The van der Waals surface area contributed by atoms with Gasteiger partial charge in [-0.3, -0.25) is 10.1 Å². The quantitative estimate of drug-likeness (QED) is 0.670. The number of aliphatic hydroxyl groups is 1. The zero-order chi connectivity index (χ0) is 17.3. The highest BCUT2D eigenvalue weighted by molar-refractivity contribution is 6.33. The summed E-state index contributed by atoms with van der Waals surface area (Å²) in [5.41, 5.74) is -0.134. The molecule has 1 saturated heterocycles. The molecule has 1 aliphatic heterocycles. The number of imidazole rings is 1. The van der Waals surface area contributed by atoms with Gasteiger partial charge in [0, 0.05) is 44.5 Å². The van der Waals surface area contributed by atoms with Crippen molar-refractivity contribution in [2.24, 2.45) is 13.0 Å². The molecule has 1 fully saturated rings. The van der Waals surface area contributed by atoms with Crippen molar-refractivity contribution in [3.63, 3.8) is 0 Å². The fourth-order valence-corrected chi connectivity index (χ4v) is 3.37. The fourth-order valence-electron chi connectivity index (χ4n) is 3.09. The summed E-state index contributed by atoms with van der Waals surface area (Å²) in [5.74, 6) is 1.14. The van der Waals surface area contributed by atoms with Crippen LogP contribution in [0.3, 0.4) is 0 Å². The van der Waals surface area contributed by atoms with Gasteiger partial charge in [-0.05, 0) is 12.8 Å². The van der Waals surface area contributed by atoms with Crippen molar-refractivity contribution in [3.05, 3.63) is 45.6 Å². The van der Waals surface area contributed by atoms with Gasteiger partial charge in [0.2, 0.25) is 0 Å². The van der Waals surface area contributed by atoms with Crippen molar-refractivity contribution < 1.29 is 10.0 Å². The maximum atomic E-state index is 10.8. The third-order valence-electron chi connectivity index (χ3n) is 4.35. The summed E-state index contributed by atoms with van der Waals surface area (Å²) in [6.07, 6.45) is 5.74. The van der Waals surface area contributed by atoms with Crippen LogP contribution in [0.4, 0.5) is 11.5 Å². The lowest BCUT2D eigenvalue weighted by molar-refractivity contribution is -0.385. The second-order valence-electron chi connectivity index (χ2n) is 5.95. The third kappa shape index (κ3) is 3.20. The van der Waals surface area contributed by atoms with Gasteiger partial charge >= 0.3 is 0 Å². The molecule has 2 aromatic heterocycles. The topological polar surface area (TPSA) is 97.3 Å². The van der Waals surface area contributed by atoms with E-state index in [1.165, 1.54) is 12.3 Å². The van der Waals surface area contributed by atoms with Crippen molar-refractivity contribution in [2.75, 3.05) is 18.0 Å². The second kappa shape index (κ2) is 6.74. The van der Waals surface area contributed by atoms with Crippen LogP contribution in [0.5, 0.6) is 0 Å². The van der Waals surface area contributed by atoms with Gasteiger partial charge in [-0.1, -0.05) is 11.6 Å². The Kier molecular flexibility index (Phi) is 4.68. The number of pyridine rings is 1. The van der Waals surface area contributed by atoms with Crippen molar-refractivity contribution in [1.29, 1.82) is 0 Å². The molecule has 0 radical (unpaired) electrons. The zero-order valence-electron chi connectivity index (χ0n) is 13.2. The summed E-state index contributed by atoms with van der Waals surface area (Å²) in [6, 6.07) is 1.31. The van der Waals surface area contributed by atoms with E-state index >= 15 is 0 Å². The normalized spacial score (nSPS) is 19.3. The van der Waals surface area contributed by atoms with Crippen LogP contribution in [0.2, 0.25) is 5.02 Å². The summed E-state index contributed by atoms with van der Waals surface area (Å²) in [6.45, 7) is 1.31. The highest BCUT2D eigenvalue weighted by Crippen LogP contribution is 2.34. The van der Waals surface area contributed by atoms with Crippen LogP contribution in [0.1, 0.15) is 24.8 Å². The van der Waals surface area contributed by atoms with E-state index in [-0.39, 0.29) is 16.6 Å². The number of nitro groups is 1. The van der Waals surface area contributed by atoms with E-state index in [0.29, 0.717) is 18.2 Å². The molecule has 24 heavy (non-hydrogen) atoms. The minimum atomic E-state index is -0.676. The lowest BCUT2D eigenvalue weighted by Crippen LogP contribution is -2.39. The first-order valence-electron chi connectivity index (χ1n) is 7.67. The van der Waals surface area contributed by atoms with Crippen LogP contribution in [0.15, 0.2) is 24.7 Å². The van der Waals surface area contributed by atoms with Gasteiger partial charge in [-0.2, -0.15) is 0 Å². The molecule has 8 nitrogen and oxygen atoms in total. The number of anilines is 1. The lowest BCUT2D eigenvalue weighted by Gasteiger charge is -2.35. The highest BCUT2D eigenvalue weighted by Gasteiger charge is 2.30. The molecule has 0 bridgehead atoms. The Bertz CT molecular complexity index is 750. The first-order chi connectivity index (χ1) is 11.5. The van der Waals surface area contributed by atoms with Crippen LogP contribution in [-0.2, 0) is 7.05 Å². The van der Waals surface area contributed by atoms with Gasteiger partial charge in [0.25, 0.3) is 5.69 Å². The first kappa shape index (κ1) is 16.7. The van der Waals surface area contributed by atoms with E-state index in [9.17, 15) is 15.2 Å². The Morgan fingerprint density at radius 2 is 2.29 bits per heavy atom. The van der Waals surface area contributed by atoms with Crippen LogP contribution in [0.25, 0.3) is 0 Å². The minimum Gasteiger partial charge on any atom is -0.385 e. The van der Waals surface area contributed by atoms with Crippen LogP contribution in [0, 0.1) is 16.0 Å². The smallest absolute Gasteiger partial charge is 0.289 e. The SMILES string of the molecule is Cn1ccnc1C(O)C1CCCN(c2ncc([N+](=O)[O-])cc2Cl)C1. The largest absolute Gasteiger partial charge is 0.385 e. The average molecular weight is 352 g/mol. The molecule has 2 unspecified atom stereocenters. The van der Waals surface area contributed by atoms with Crippen LogP contribution < -0.4 is 4.90 Å². The monoisotopic (exact) mass is 351 g/mol. The van der Waals surface area contributed by atoms with E-state index in [2.05, 4.69) is 9.97 Å². The van der Waals surface area contributed by atoms with Crippen molar-refractivity contribution in [1.82, 2.24) is 14.5 Å². The molecule has 0 spiro atoms. The van der Waals surface area contributed by atoms with Crippen LogP contribution >= 0.6 is 11.6 Å². The Labute approximate surface area is 143 Å². The molecule has 2 aromatic rings. The van der Waals surface area contributed by atoms with Gasteiger partial charge in [-0.25, -0.2) is 9.97 Å². The molecule has 0 amide bonds. The average Bonchev–Trinajstić information content (AvgIpc) is 3.00. The number of rotatable bonds is 4. The van der Waals surface area contributed by atoms with Crippen molar-refractivity contribution in [3.8, 4) is 0 Å². The summed E-state index contributed by atoms with van der Waals surface area (Å²) in [5, 5.41) is 21.7. The molecule has 0 saturated carbocycles. The predicted molar refractivity (Wildman–Crippen MR) is 89.0 cm³/mol. The number of nitrogens with zero attached hydrogens (tertiary/aromatic N) is 5. The molecule has 3 rings (SSSR count). The van der Waals surface area contributed by atoms with Gasteiger partial charge in [0.05, 0.1) is 9.95 Å². The number of hydrogen-bond donors (Lipinski definition) is 1. The summed E-state index contributed by atoms with van der Waals surface area (Å²) >= 11 is 6.17. The molecule has 1 aliphatic rings. The Hall–Kier alpha value is -2.19. The third-order valence-corrected chi connectivity index (χ3v) is 4.62. The number of aliphatic hydroxyl groups excluding tert-OH is 1.